The summed E-state index contributed by atoms with van der Waals surface area (Å²) < 4.78 is 13.0. The van der Waals surface area contributed by atoms with E-state index in [9.17, 15) is 14.3 Å². The second-order valence-electron chi connectivity index (χ2n) is 6.20. The van der Waals surface area contributed by atoms with Crippen LogP contribution in [0.15, 0.2) is 35.6 Å². The van der Waals surface area contributed by atoms with Gasteiger partial charge in [0.2, 0.25) is 0 Å². The molecule has 1 spiro atoms. The molecule has 126 valence electrons. The third kappa shape index (κ3) is 3.41. The minimum absolute atomic E-state index is 0.0926. The largest absolute Gasteiger partial charge is 0.512 e. The lowest BCUT2D eigenvalue weighted by Crippen LogP contribution is -2.53. The molecule has 1 saturated carbocycles. The summed E-state index contributed by atoms with van der Waals surface area (Å²) in [4.78, 5) is 14.5. The van der Waals surface area contributed by atoms with E-state index in [1.807, 2.05) is 18.7 Å². The zero-order chi connectivity index (χ0) is 17.0. The number of hydrogen-bond donors (Lipinski definition) is 1. The van der Waals surface area contributed by atoms with E-state index in [-0.39, 0.29) is 23.0 Å². The molecule has 1 N–H and O–H groups in total. The summed E-state index contributed by atoms with van der Waals surface area (Å²) in [5, 5.41) is 10.1. The normalized spacial score (nSPS) is 19.8. The number of carbonyl (C=O) groups is 1. The van der Waals surface area contributed by atoms with E-state index in [4.69, 9.17) is 0 Å². The van der Waals surface area contributed by atoms with Crippen LogP contribution in [0.3, 0.4) is 0 Å². The Balaban J connectivity index is 0.000000924. The van der Waals surface area contributed by atoms with Gasteiger partial charge in [-0.05, 0) is 37.5 Å². The van der Waals surface area contributed by atoms with Crippen LogP contribution in [0.2, 0.25) is 0 Å². The van der Waals surface area contributed by atoms with Crippen molar-refractivity contribution in [3.63, 3.8) is 0 Å². The summed E-state index contributed by atoms with van der Waals surface area (Å²) >= 11 is 0. The van der Waals surface area contributed by atoms with Crippen LogP contribution in [0.4, 0.5) is 4.39 Å². The highest BCUT2D eigenvalue weighted by Gasteiger charge is 2.46. The maximum absolute atomic E-state index is 13.0. The van der Waals surface area contributed by atoms with Crippen LogP contribution in [0.25, 0.3) is 0 Å². The van der Waals surface area contributed by atoms with Gasteiger partial charge in [-0.15, -0.1) is 0 Å². The molecule has 0 atom stereocenters. The van der Waals surface area contributed by atoms with Gasteiger partial charge in [-0.1, -0.05) is 38.8 Å². The van der Waals surface area contributed by atoms with Gasteiger partial charge in [0, 0.05) is 13.0 Å². The van der Waals surface area contributed by atoms with E-state index in [1.165, 1.54) is 12.1 Å². The minimum atomic E-state index is -0.270. The van der Waals surface area contributed by atoms with E-state index in [0.29, 0.717) is 18.5 Å². The second kappa shape index (κ2) is 7.16. The molecule has 1 amide bonds. The summed E-state index contributed by atoms with van der Waals surface area (Å²) in [6, 6.07) is 6.29. The topological polar surface area (TPSA) is 40.5 Å². The molecule has 1 aromatic carbocycles. The number of carbonyl (C=O) groups excluding carboxylic acids is 1. The molecule has 3 nitrogen and oxygen atoms in total. The third-order valence-corrected chi connectivity index (χ3v) is 4.86. The highest BCUT2D eigenvalue weighted by Crippen LogP contribution is 2.44. The monoisotopic (exact) mass is 319 g/mol. The number of halogens is 1. The third-order valence-electron chi connectivity index (χ3n) is 4.86. The van der Waals surface area contributed by atoms with Crippen molar-refractivity contribution in [3.8, 4) is 0 Å². The Morgan fingerprint density at radius 2 is 1.74 bits per heavy atom. The van der Waals surface area contributed by atoms with E-state index < -0.39 is 0 Å². The van der Waals surface area contributed by atoms with Crippen LogP contribution in [0.5, 0.6) is 0 Å². The Labute approximate surface area is 137 Å². The Kier molecular flexibility index (Phi) is 5.45. The first-order valence-corrected chi connectivity index (χ1v) is 8.47. The summed E-state index contributed by atoms with van der Waals surface area (Å²) in [6.07, 6.45) is 4.57. The van der Waals surface area contributed by atoms with E-state index >= 15 is 0 Å². The molecule has 1 aliphatic heterocycles. The number of rotatable bonds is 2. The molecule has 0 aromatic heterocycles. The lowest BCUT2D eigenvalue weighted by Gasteiger charge is -2.45. The molecule has 0 saturated heterocycles. The van der Waals surface area contributed by atoms with Crippen molar-refractivity contribution in [2.75, 3.05) is 0 Å². The molecule has 0 bridgehead atoms. The van der Waals surface area contributed by atoms with Crippen molar-refractivity contribution in [2.24, 2.45) is 0 Å². The van der Waals surface area contributed by atoms with Crippen LogP contribution in [-0.4, -0.2) is 21.5 Å². The molecule has 1 heterocycles. The fourth-order valence-corrected chi connectivity index (χ4v) is 3.57. The number of hydrogen-bond acceptors (Lipinski definition) is 2. The lowest BCUT2D eigenvalue weighted by molar-refractivity contribution is -0.136. The average molecular weight is 319 g/mol. The Morgan fingerprint density at radius 3 is 2.30 bits per heavy atom. The fraction of sp³-hybridized carbons (Fsp3) is 0.526. The predicted molar refractivity (Wildman–Crippen MR) is 89.4 cm³/mol. The number of benzene rings is 1. The predicted octanol–water partition coefficient (Wildman–Crippen LogP) is 4.73. The molecule has 0 unspecified atom stereocenters. The molecule has 23 heavy (non-hydrogen) atoms. The number of aliphatic hydroxyl groups is 1. The van der Waals surface area contributed by atoms with Gasteiger partial charge in [0.1, 0.15) is 11.6 Å². The number of aliphatic hydroxyl groups excluding tert-OH is 1. The van der Waals surface area contributed by atoms with Crippen molar-refractivity contribution in [1.29, 1.82) is 0 Å². The van der Waals surface area contributed by atoms with Gasteiger partial charge < -0.3 is 10.0 Å². The Bertz CT molecular complexity index is 586. The van der Waals surface area contributed by atoms with Gasteiger partial charge in [0.25, 0.3) is 5.91 Å². The molecule has 1 aromatic rings. The molecule has 0 radical (unpaired) electrons. The summed E-state index contributed by atoms with van der Waals surface area (Å²) in [6.45, 7) is 6.15. The Hall–Kier alpha value is -1.84. The van der Waals surface area contributed by atoms with Crippen molar-refractivity contribution < 1.29 is 14.3 Å². The van der Waals surface area contributed by atoms with E-state index in [0.717, 1.165) is 31.2 Å². The van der Waals surface area contributed by atoms with Crippen LogP contribution >= 0.6 is 0 Å². The maximum Gasteiger partial charge on any atom is 0.253 e. The summed E-state index contributed by atoms with van der Waals surface area (Å²) in [7, 11) is 0. The van der Waals surface area contributed by atoms with Gasteiger partial charge in [-0.2, -0.15) is 0 Å². The van der Waals surface area contributed by atoms with Gasteiger partial charge in [-0.25, -0.2) is 4.39 Å². The molecule has 2 aliphatic rings. The molecule has 1 aliphatic carbocycles. The quantitative estimate of drug-likeness (QED) is 0.856. The van der Waals surface area contributed by atoms with E-state index in [2.05, 4.69) is 0 Å². The van der Waals surface area contributed by atoms with Crippen LogP contribution in [0.1, 0.15) is 58.4 Å². The zero-order valence-electron chi connectivity index (χ0n) is 14.2. The maximum atomic E-state index is 13.0. The van der Waals surface area contributed by atoms with Crippen LogP contribution in [0, 0.1) is 5.82 Å². The van der Waals surface area contributed by atoms with Gasteiger partial charge >= 0.3 is 0 Å². The van der Waals surface area contributed by atoms with Gasteiger partial charge in [0.15, 0.2) is 0 Å². The molecular weight excluding hydrogens is 293 g/mol. The number of nitrogens with zero attached hydrogens (tertiary/aromatic N) is 1. The van der Waals surface area contributed by atoms with Crippen LogP contribution < -0.4 is 0 Å². The van der Waals surface area contributed by atoms with Gasteiger partial charge in [-0.3, -0.25) is 4.79 Å². The summed E-state index contributed by atoms with van der Waals surface area (Å²) in [5.41, 5.74) is 1.11. The molecule has 4 heteroatoms. The fourth-order valence-electron chi connectivity index (χ4n) is 3.57. The van der Waals surface area contributed by atoms with Crippen molar-refractivity contribution in [1.82, 2.24) is 4.90 Å². The smallest absolute Gasteiger partial charge is 0.253 e. The van der Waals surface area contributed by atoms with Gasteiger partial charge in [0.05, 0.1) is 11.1 Å². The average Bonchev–Trinajstić information content (AvgIpc) is 3.02. The first kappa shape index (κ1) is 17.5. The summed E-state index contributed by atoms with van der Waals surface area (Å²) in [5.74, 6) is -0.129. The van der Waals surface area contributed by atoms with Crippen molar-refractivity contribution >= 4 is 5.91 Å². The zero-order valence-corrected chi connectivity index (χ0v) is 14.2. The highest BCUT2D eigenvalue weighted by molar-refractivity contribution is 5.95. The van der Waals surface area contributed by atoms with Crippen LogP contribution in [-0.2, 0) is 11.3 Å². The van der Waals surface area contributed by atoms with E-state index in [1.54, 1.807) is 19.1 Å². The first-order valence-electron chi connectivity index (χ1n) is 8.47. The number of amides is 1. The second-order valence-corrected chi connectivity index (χ2v) is 6.20. The lowest BCUT2D eigenvalue weighted by atomic mass is 9.84. The van der Waals surface area contributed by atoms with Crippen molar-refractivity contribution in [3.05, 3.63) is 47.0 Å². The highest BCUT2D eigenvalue weighted by atomic mass is 19.1. The minimum Gasteiger partial charge on any atom is -0.512 e. The first-order chi connectivity index (χ1) is 11.0. The molecule has 1 fully saturated rings. The SMILES string of the molecule is CC.CC1=C(O)CC2(CCCC2)N(Cc2ccc(F)cc2)C1=O. The van der Waals surface area contributed by atoms with Crippen molar-refractivity contribution in [2.45, 2.75) is 65.0 Å². The standard InChI is InChI=1S/C17H20FNO2.C2H6/c1-12-15(20)10-17(8-2-3-9-17)19(16(12)21)11-13-4-6-14(18)7-5-13;1-2/h4-7,20H,2-3,8-11H2,1H3;1-2H3. The molecule has 3 rings (SSSR count). The molecular formula is C19H26FNO2. The Morgan fingerprint density at radius 1 is 1.17 bits per heavy atom.